The maximum Gasteiger partial charge on any atom is 0.107 e. The molecule has 2 saturated carbocycles. The summed E-state index contributed by atoms with van der Waals surface area (Å²) in [5.74, 6) is 0.791. The lowest BCUT2D eigenvalue weighted by molar-refractivity contribution is 0.330. The van der Waals surface area contributed by atoms with Crippen molar-refractivity contribution in [3.8, 4) is 0 Å². The van der Waals surface area contributed by atoms with Gasteiger partial charge in [-0.25, -0.2) is 4.98 Å². The quantitative estimate of drug-likeness (QED) is 0.866. The van der Waals surface area contributed by atoms with Gasteiger partial charge in [0, 0.05) is 23.4 Å². The number of hydrogen-bond acceptors (Lipinski definition) is 4. The second-order valence-corrected chi connectivity index (χ2v) is 7.50. The number of hydrogen-bond donors (Lipinski definition) is 1. The molecule has 104 valence electrons. The molecule has 0 spiro atoms. The van der Waals surface area contributed by atoms with Gasteiger partial charge in [0.25, 0.3) is 0 Å². The van der Waals surface area contributed by atoms with Crippen molar-refractivity contribution in [3.05, 3.63) is 15.6 Å². The van der Waals surface area contributed by atoms with E-state index in [9.17, 15) is 0 Å². The first kappa shape index (κ1) is 12.3. The van der Waals surface area contributed by atoms with Crippen LogP contribution in [0, 0.1) is 0 Å². The summed E-state index contributed by atoms with van der Waals surface area (Å²) < 4.78 is 0. The molecule has 4 heteroatoms. The summed E-state index contributed by atoms with van der Waals surface area (Å²) in [6.07, 6.45) is 8.22. The van der Waals surface area contributed by atoms with Crippen LogP contribution in [0.4, 0.5) is 0 Å². The molecule has 4 rings (SSSR count). The lowest BCUT2D eigenvalue weighted by Gasteiger charge is -2.11. The highest BCUT2D eigenvalue weighted by atomic mass is 32.1. The van der Waals surface area contributed by atoms with Gasteiger partial charge in [-0.05, 0) is 51.6 Å². The van der Waals surface area contributed by atoms with Crippen LogP contribution in [0.2, 0.25) is 0 Å². The van der Waals surface area contributed by atoms with Crippen LogP contribution in [0.5, 0.6) is 0 Å². The van der Waals surface area contributed by atoms with E-state index in [1.807, 2.05) is 11.3 Å². The van der Waals surface area contributed by atoms with E-state index in [2.05, 4.69) is 10.2 Å². The predicted octanol–water partition coefficient (Wildman–Crippen LogP) is 2.87. The van der Waals surface area contributed by atoms with Gasteiger partial charge in [-0.2, -0.15) is 0 Å². The van der Waals surface area contributed by atoms with Gasteiger partial charge < -0.3 is 5.32 Å². The van der Waals surface area contributed by atoms with Crippen molar-refractivity contribution < 1.29 is 0 Å². The van der Waals surface area contributed by atoms with E-state index in [0.29, 0.717) is 0 Å². The van der Waals surface area contributed by atoms with Crippen LogP contribution in [0.15, 0.2) is 0 Å². The zero-order chi connectivity index (χ0) is 12.7. The van der Waals surface area contributed by atoms with Crippen molar-refractivity contribution in [2.24, 2.45) is 0 Å². The molecular formula is C15H23N3S. The number of likely N-dealkylation sites (tertiary alicyclic amines) is 1. The number of thiazole rings is 1. The molecule has 1 aliphatic heterocycles. The molecule has 0 bridgehead atoms. The lowest BCUT2D eigenvalue weighted by Crippen LogP contribution is -2.18. The molecule has 2 heterocycles. The third kappa shape index (κ3) is 3.01. The Morgan fingerprint density at radius 1 is 1.16 bits per heavy atom. The first-order valence-corrected chi connectivity index (χ1v) is 8.64. The molecule has 1 N–H and O–H groups in total. The Bertz CT molecular complexity index is 442. The average Bonchev–Trinajstić information content (AvgIpc) is 3.34. The van der Waals surface area contributed by atoms with Gasteiger partial charge in [0.15, 0.2) is 0 Å². The average molecular weight is 277 g/mol. The Kier molecular flexibility index (Phi) is 3.34. The van der Waals surface area contributed by atoms with Crippen molar-refractivity contribution >= 4 is 11.3 Å². The second-order valence-electron chi connectivity index (χ2n) is 6.33. The topological polar surface area (TPSA) is 28.2 Å². The molecule has 0 radical (unpaired) electrons. The maximum atomic E-state index is 4.97. The summed E-state index contributed by atoms with van der Waals surface area (Å²) in [5, 5.41) is 5.02. The van der Waals surface area contributed by atoms with Gasteiger partial charge in [0.05, 0.1) is 12.2 Å². The fraction of sp³-hybridized carbons (Fsp3) is 0.800. The summed E-state index contributed by atoms with van der Waals surface area (Å²) in [7, 11) is 0. The van der Waals surface area contributed by atoms with Gasteiger partial charge in [-0.15, -0.1) is 11.3 Å². The van der Waals surface area contributed by atoms with Crippen molar-refractivity contribution in [2.75, 3.05) is 13.1 Å². The molecule has 3 aliphatic rings. The Hall–Kier alpha value is -0.450. The second kappa shape index (κ2) is 5.15. The summed E-state index contributed by atoms with van der Waals surface area (Å²) in [6.45, 7) is 4.70. The summed E-state index contributed by atoms with van der Waals surface area (Å²) in [6, 6.07) is 0.802. The number of rotatable bonds is 6. The predicted molar refractivity (Wildman–Crippen MR) is 78.5 cm³/mol. The molecule has 2 aliphatic carbocycles. The number of aromatic nitrogens is 1. The molecule has 0 unspecified atom stereocenters. The highest BCUT2D eigenvalue weighted by Gasteiger charge is 2.30. The monoisotopic (exact) mass is 277 g/mol. The fourth-order valence-electron chi connectivity index (χ4n) is 2.94. The molecule has 3 nitrogen and oxygen atoms in total. The van der Waals surface area contributed by atoms with Crippen LogP contribution < -0.4 is 5.32 Å². The standard InChI is InChI=1S/C15H23N3S/c1-2-8-18(7-1)10-14-17-15(11-3-4-11)13(19-14)9-16-12-5-6-12/h11-12,16H,1-10H2. The van der Waals surface area contributed by atoms with Gasteiger partial charge in [0.2, 0.25) is 0 Å². The molecule has 19 heavy (non-hydrogen) atoms. The van der Waals surface area contributed by atoms with Gasteiger partial charge >= 0.3 is 0 Å². The van der Waals surface area contributed by atoms with E-state index in [1.54, 1.807) is 0 Å². The normalized spacial score (nSPS) is 24.2. The van der Waals surface area contributed by atoms with E-state index in [1.165, 1.54) is 67.2 Å². The van der Waals surface area contributed by atoms with Crippen molar-refractivity contribution in [1.82, 2.24) is 15.2 Å². The minimum atomic E-state index is 0.791. The van der Waals surface area contributed by atoms with E-state index in [4.69, 9.17) is 4.98 Å². The highest BCUT2D eigenvalue weighted by molar-refractivity contribution is 7.11. The van der Waals surface area contributed by atoms with Crippen LogP contribution in [-0.4, -0.2) is 29.0 Å². The largest absolute Gasteiger partial charge is 0.309 e. The molecular weight excluding hydrogens is 254 g/mol. The van der Waals surface area contributed by atoms with Gasteiger partial charge in [-0.1, -0.05) is 0 Å². The molecule has 1 saturated heterocycles. The Balaban J connectivity index is 1.45. The molecule has 1 aromatic heterocycles. The fourth-order valence-corrected chi connectivity index (χ4v) is 4.09. The van der Waals surface area contributed by atoms with Gasteiger partial charge in [-0.3, -0.25) is 4.90 Å². The lowest BCUT2D eigenvalue weighted by atomic mass is 10.2. The Morgan fingerprint density at radius 2 is 1.95 bits per heavy atom. The maximum absolute atomic E-state index is 4.97. The number of nitrogens with zero attached hydrogens (tertiary/aromatic N) is 2. The zero-order valence-corrected chi connectivity index (χ0v) is 12.3. The summed E-state index contributed by atoms with van der Waals surface area (Å²) >= 11 is 1.97. The molecule has 0 atom stereocenters. The van der Waals surface area contributed by atoms with Crippen molar-refractivity contribution in [1.29, 1.82) is 0 Å². The molecule has 1 aromatic rings. The third-order valence-corrected chi connectivity index (χ3v) is 5.48. The minimum Gasteiger partial charge on any atom is -0.309 e. The van der Waals surface area contributed by atoms with Crippen LogP contribution in [-0.2, 0) is 13.1 Å². The van der Waals surface area contributed by atoms with Crippen molar-refractivity contribution in [3.63, 3.8) is 0 Å². The summed E-state index contributed by atoms with van der Waals surface area (Å²) in [5.41, 5.74) is 1.44. The molecule has 0 aromatic carbocycles. The van der Waals surface area contributed by atoms with E-state index in [-0.39, 0.29) is 0 Å². The van der Waals surface area contributed by atoms with Crippen LogP contribution in [0.25, 0.3) is 0 Å². The van der Waals surface area contributed by atoms with E-state index in [0.717, 1.165) is 25.0 Å². The SMILES string of the molecule is C1CCN(Cc2nc(C3CC3)c(CNC3CC3)s2)C1. The molecule has 0 amide bonds. The van der Waals surface area contributed by atoms with Gasteiger partial charge in [0.1, 0.15) is 5.01 Å². The first-order chi connectivity index (χ1) is 9.38. The minimum absolute atomic E-state index is 0.791. The van der Waals surface area contributed by atoms with Crippen LogP contribution in [0.3, 0.4) is 0 Å². The smallest absolute Gasteiger partial charge is 0.107 e. The highest BCUT2D eigenvalue weighted by Crippen LogP contribution is 2.43. The number of nitrogens with one attached hydrogen (secondary N) is 1. The summed E-state index contributed by atoms with van der Waals surface area (Å²) in [4.78, 5) is 9.07. The van der Waals surface area contributed by atoms with E-state index < -0.39 is 0 Å². The molecule has 3 fully saturated rings. The van der Waals surface area contributed by atoms with E-state index >= 15 is 0 Å². The zero-order valence-electron chi connectivity index (χ0n) is 11.5. The Labute approximate surface area is 119 Å². The third-order valence-electron chi connectivity index (χ3n) is 4.42. The van der Waals surface area contributed by atoms with Crippen LogP contribution in [0.1, 0.15) is 60.0 Å². The van der Waals surface area contributed by atoms with Crippen molar-refractivity contribution in [2.45, 2.75) is 63.6 Å². The Morgan fingerprint density at radius 3 is 2.63 bits per heavy atom. The first-order valence-electron chi connectivity index (χ1n) is 7.83. The van der Waals surface area contributed by atoms with Crippen LogP contribution >= 0.6 is 11.3 Å².